The van der Waals surface area contributed by atoms with E-state index in [1.54, 1.807) is 0 Å². The van der Waals surface area contributed by atoms with Crippen LogP contribution in [0.5, 0.6) is 11.5 Å². The Labute approximate surface area is 175 Å². The molecule has 1 aliphatic carbocycles. The minimum Gasteiger partial charge on any atom is -0.507 e. The molecule has 31 heavy (non-hydrogen) atoms. The van der Waals surface area contributed by atoms with Crippen molar-refractivity contribution in [2.24, 2.45) is 0 Å². The Hall–Kier alpha value is -2.25. The van der Waals surface area contributed by atoms with E-state index in [1.807, 2.05) is 0 Å². The molecule has 1 aliphatic heterocycles. The van der Waals surface area contributed by atoms with E-state index >= 15 is 0 Å². The standard InChI is InChI=1S/C20H24O11/c1-28-7-4-9(23)13-11(5-7)29-19-8(22)2-3-10(14(19)16(13)25)30-20-18(27)17(26)15(24)12(6-21)31-20/h4-5,8,10,12,15,17-18,20-24,26-27H,2-3,6H2,1H3/t8-,10+,12-,15-,17+,18-,20-/m1/s1. The summed E-state index contributed by atoms with van der Waals surface area (Å²) in [4.78, 5) is 13.2. The van der Waals surface area contributed by atoms with Crippen LogP contribution in [0.1, 0.15) is 36.4 Å². The summed E-state index contributed by atoms with van der Waals surface area (Å²) in [5.74, 6) is -0.170. The number of methoxy groups -OCH3 is 1. The minimum absolute atomic E-state index is 0.0214. The Bertz CT molecular complexity index is 1020. The summed E-state index contributed by atoms with van der Waals surface area (Å²) < 4.78 is 21.9. The van der Waals surface area contributed by atoms with Gasteiger partial charge in [0.2, 0.25) is 5.43 Å². The van der Waals surface area contributed by atoms with Crippen molar-refractivity contribution >= 4 is 11.0 Å². The molecule has 6 N–H and O–H groups in total. The SMILES string of the molecule is COc1cc(O)c2c(=O)c3c(oc2c1)[C@H](O)CC[C@@H]3O[C@@H]1O[C@H](CO)[C@@H](O)[C@H](O)[C@H]1O. The van der Waals surface area contributed by atoms with Gasteiger partial charge in [0.15, 0.2) is 6.29 Å². The van der Waals surface area contributed by atoms with E-state index in [4.69, 9.17) is 18.6 Å². The van der Waals surface area contributed by atoms with Gasteiger partial charge >= 0.3 is 0 Å². The second-order valence-electron chi connectivity index (χ2n) is 7.64. The number of benzene rings is 1. The van der Waals surface area contributed by atoms with Crippen LogP contribution in [0.15, 0.2) is 21.3 Å². The molecule has 1 saturated heterocycles. The summed E-state index contributed by atoms with van der Waals surface area (Å²) in [6.45, 7) is -0.632. The van der Waals surface area contributed by atoms with E-state index in [-0.39, 0.29) is 46.6 Å². The van der Waals surface area contributed by atoms with E-state index in [1.165, 1.54) is 19.2 Å². The lowest BCUT2D eigenvalue weighted by Crippen LogP contribution is -2.59. The number of aliphatic hydroxyl groups excluding tert-OH is 5. The van der Waals surface area contributed by atoms with Gasteiger partial charge in [0.25, 0.3) is 0 Å². The van der Waals surface area contributed by atoms with Crippen LogP contribution in [0.25, 0.3) is 11.0 Å². The molecular weight excluding hydrogens is 416 g/mol. The number of phenols is 1. The van der Waals surface area contributed by atoms with Crippen LogP contribution in [0.4, 0.5) is 0 Å². The molecule has 11 heteroatoms. The Morgan fingerprint density at radius 2 is 1.84 bits per heavy atom. The summed E-state index contributed by atoms with van der Waals surface area (Å²) in [5, 5.41) is 60.1. The molecule has 1 fully saturated rings. The van der Waals surface area contributed by atoms with Crippen LogP contribution in [0.3, 0.4) is 0 Å². The molecule has 1 aromatic heterocycles. The molecule has 7 atom stereocenters. The summed E-state index contributed by atoms with van der Waals surface area (Å²) in [6.07, 6.45) is -9.30. The lowest BCUT2D eigenvalue weighted by atomic mass is 9.90. The highest BCUT2D eigenvalue weighted by molar-refractivity contribution is 5.85. The molecule has 0 spiro atoms. The second-order valence-corrected chi connectivity index (χ2v) is 7.64. The minimum atomic E-state index is -1.65. The zero-order valence-electron chi connectivity index (χ0n) is 16.5. The highest BCUT2D eigenvalue weighted by Crippen LogP contribution is 2.41. The van der Waals surface area contributed by atoms with Crippen molar-refractivity contribution in [1.29, 1.82) is 0 Å². The maximum absolute atomic E-state index is 13.2. The van der Waals surface area contributed by atoms with Crippen molar-refractivity contribution in [2.75, 3.05) is 13.7 Å². The number of aliphatic hydroxyl groups is 5. The van der Waals surface area contributed by atoms with Gasteiger partial charge in [0.1, 0.15) is 58.7 Å². The monoisotopic (exact) mass is 440 g/mol. The quantitative estimate of drug-likeness (QED) is 0.350. The number of hydrogen-bond acceptors (Lipinski definition) is 11. The molecule has 170 valence electrons. The molecule has 2 heterocycles. The fraction of sp³-hybridized carbons (Fsp3) is 0.550. The molecule has 4 rings (SSSR count). The van der Waals surface area contributed by atoms with Crippen LogP contribution < -0.4 is 10.2 Å². The maximum Gasteiger partial charge on any atom is 0.202 e. The van der Waals surface area contributed by atoms with Crippen LogP contribution in [0, 0.1) is 0 Å². The van der Waals surface area contributed by atoms with Gasteiger partial charge in [-0.15, -0.1) is 0 Å². The summed E-state index contributed by atoms with van der Waals surface area (Å²) >= 11 is 0. The van der Waals surface area contributed by atoms with E-state index in [0.717, 1.165) is 0 Å². The highest BCUT2D eigenvalue weighted by Gasteiger charge is 2.46. The van der Waals surface area contributed by atoms with Crippen molar-refractivity contribution < 1.29 is 49.3 Å². The van der Waals surface area contributed by atoms with Crippen LogP contribution in [-0.2, 0) is 9.47 Å². The zero-order valence-corrected chi connectivity index (χ0v) is 16.5. The maximum atomic E-state index is 13.2. The van der Waals surface area contributed by atoms with Crippen LogP contribution in [-0.4, -0.2) is 75.1 Å². The van der Waals surface area contributed by atoms with Gasteiger partial charge in [-0.2, -0.15) is 0 Å². The van der Waals surface area contributed by atoms with Crippen LogP contribution in [0.2, 0.25) is 0 Å². The third kappa shape index (κ3) is 3.68. The zero-order chi connectivity index (χ0) is 22.4. The first-order chi connectivity index (χ1) is 14.8. The summed E-state index contributed by atoms with van der Waals surface area (Å²) in [6, 6.07) is 2.66. The Morgan fingerprint density at radius 3 is 2.52 bits per heavy atom. The number of phenolic OH excluding ortho intramolecular Hbond substituents is 1. The molecule has 0 bridgehead atoms. The Kier molecular flexibility index (Phi) is 5.92. The topological polar surface area (TPSA) is 179 Å². The molecule has 0 amide bonds. The molecule has 2 aromatic rings. The molecule has 2 aliphatic rings. The van der Waals surface area contributed by atoms with E-state index in [0.29, 0.717) is 0 Å². The molecule has 0 unspecified atom stereocenters. The first-order valence-corrected chi connectivity index (χ1v) is 9.78. The third-order valence-corrected chi connectivity index (χ3v) is 5.72. The Balaban J connectivity index is 1.75. The van der Waals surface area contributed by atoms with Crippen molar-refractivity contribution in [2.45, 2.75) is 55.8 Å². The fourth-order valence-corrected chi connectivity index (χ4v) is 4.04. The number of hydrogen-bond donors (Lipinski definition) is 6. The van der Waals surface area contributed by atoms with E-state index < -0.39 is 54.9 Å². The number of ether oxygens (including phenoxy) is 3. The van der Waals surface area contributed by atoms with E-state index in [9.17, 15) is 35.4 Å². The van der Waals surface area contributed by atoms with Gasteiger partial charge in [-0.05, 0) is 12.8 Å². The predicted octanol–water partition coefficient (Wildman–Crippen LogP) is -0.808. The largest absolute Gasteiger partial charge is 0.507 e. The second kappa shape index (κ2) is 8.36. The fourth-order valence-electron chi connectivity index (χ4n) is 4.04. The Morgan fingerprint density at radius 1 is 1.10 bits per heavy atom. The molecular formula is C20H24O11. The van der Waals surface area contributed by atoms with Crippen molar-refractivity contribution in [3.8, 4) is 11.5 Å². The summed E-state index contributed by atoms with van der Waals surface area (Å²) in [7, 11) is 1.39. The molecule has 11 nitrogen and oxygen atoms in total. The number of aromatic hydroxyl groups is 1. The lowest BCUT2D eigenvalue weighted by Gasteiger charge is -2.41. The lowest BCUT2D eigenvalue weighted by molar-refractivity contribution is -0.314. The third-order valence-electron chi connectivity index (χ3n) is 5.72. The smallest absolute Gasteiger partial charge is 0.202 e. The predicted molar refractivity (Wildman–Crippen MR) is 102 cm³/mol. The summed E-state index contributed by atoms with van der Waals surface area (Å²) in [5.41, 5.74) is -0.665. The van der Waals surface area contributed by atoms with E-state index in [2.05, 4.69) is 0 Å². The number of rotatable bonds is 4. The van der Waals surface area contributed by atoms with Crippen molar-refractivity contribution in [3.63, 3.8) is 0 Å². The first kappa shape index (κ1) is 22.0. The number of fused-ring (bicyclic) bond motifs is 2. The molecule has 0 radical (unpaired) electrons. The first-order valence-electron chi connectivity index (χ1n) is 9.78. The van der Waals surface area contributed by atoms with Gasteiger partial charge in [-0.1, -0.05) is 0 Å². The van der Waals surface area contributed by atoms with Gasteiger partial charge in [0, 0.05) is 12.1 Å². The molecule has 1 aromatic carbocycles. The van der Waals surface area contributed by atoms with Gasteiger partial charge < -0.3 is 49.3 Å². The van der Waals surface area contributed by atoms with Crippen molar-refractivity contribution in [1.82, 2.24) is 0 Å². The molecule has 0 saturated carbocycles. The average molecular weight is 440 g/mol. The average Bonchev–Trinajstić information content (AvgIpc) is 2.75. The van der Waals surface area contributed by atoms with Gasteiger partial charge in [0.05, 0.1) is 25.4 Å². The van der Waals surface area contributed by atoms with Gasteiger partial charge in [-0.3, -0.25) is 4.79 Å². The van der Waals surface area contributed by atoms with Gasteiger partial charge in [-0.25, -0.2) is 0 Å². The van der Waals surface area contributed by atoms with Crippen LogP contribution >= 0.6 is 0 Å². The normalized spacial score (nSPS) is 33.3. The highest BCUT2D eigenvalue weighted by atomic mass is 16.7. The van der Waals surface area contributed by atoms with Crippen molar-refractivity contribution in [3.05, 3.63) is 33.7 Å².